The number of rotatable bonds is 5. The number of carbonyl (C=O) groups excluding carboxylic acids is 1. The van der Waals surface area contributed by atoms with E-state index in [1.807, 2.05) is 30.3 Å². The molecule has 0 N–H and O–H groups in total. The number of ketones is 1. The Labute approximate surface area is 115 Å². The molecule has 0 fully saturated rings. The molecular formula is C17H22O2. The first-order valence-electron chi connectivity index (χ1n) is 7.26. The summed E-state index contributed by atoms with van der Waals surface area (Å²) in [4.78, 5) is 12.1. The van der Waals surface area contributed by atoms with Crippen molar-refractivity contribution in [3.8, 4) is 5.75 Å². The van der Waals surface area contributed by atoms with Gasteiger partial charge in [0.25, 0.3) is 0 Å². The van der Waals surface area contributed by atoms with E-state index in [-0.39, 0.29) is 5.78 Å². The van der Waals surface area contributed by atoms with Gasteiger partial charge in [0.1, 0.15) is 5.75 Å². The van der Waals surface area contributed by atoms with Crippen molar-refractivity contribution in [2.45, 2.75) is 44.9 Å². The molecule has 1 aromatic rings. The summed E-state index contributed by atoms with van der Waals surface area (Å²) in [5.41, 5.74) is 1.02. The Morgan fingerprint density at radius 3 is 2.68 bits per heavy atom. The van der Waals surface area contributed by atoms with Crippen molar-refractivity contribution in [3.05, 3.63) is 42.0 Å². The molecule has 2 nitrogen and oxygen atoms in total. The molecule has 0 amide bonds. The van der Waals surface area contributed by atoms with Gasteiger partial charge in [-0.3, -0.25) is 4.79 Å². The predicted molar refractivity (Wildman–Crippen MR) is 77.3 cm³/mol. The molecule has 0 heterocycles. The fraction of sp³-hybridized carbons (Fsp3) is 0.471. The molecule has 0 aromatic heterocycles. The van der Waals surface area contributed by atoms with Crippen LogP contribution in [-0.4, -0.2) is 12.4 Å². The highest BCUT2D eigenvalue weighted by atomic mass is 16.5. The first-order valence-corrected chi connectivity index (χ1v) is 7.26. The van der Waals surface area contributed by atoms with Crippen molar-refractivity contribution in [3.63, 3.8) is 0 Å². The van der Waals surface area contributed by atoms with Crippen molar-refractivity contribution in [1.82, 2.24) is 0 Å². The highest BCUT2D eigenvalue weighted by molar-refractivity contribution is 5.95. The van der Waals surface area contributed by atoms with Crippen LogP contribution in [0.15, 0.2) is 42.0 Å². The second-order valence-electron chi connectivity index (χ2n) is 5.02. The summed E-state index contributed by atoms with van der Waals surface area (Å²) in [5, 5.41) is 0. The molecule has 1 aromatic carbocycles. The lowest BCUT2D eigenvalue weighted by Gasteiger charge is -2.11. The number of hydrogen-bond acceptors (Lipinski definition) is 2. The molecule has 2 rings (SSSR count). The van der Waals surface area contributed by atoms with Gasteiger partial charge in [0, 0.05) is 6.42 Å². The zero-order valence-electron chi connectivity index (χ0n) is 11.4. The highest BCUT2D eigenvalue weighted by Crippen LogP contribution is 2.19. The van der Waals surface area contributed by atoms with Gasteiger partial charge in [-0.2, -0.15) is 0 Å². The van der Waals surface area contributed by atoms with Crippen LogP contribution in [0.5, 0.6) is 5.75 Å². The van der Waals surface area contributed by atoms with E-state index < -0.39 is 0 Å². The lowest BCUT2D eigenvalue weighted by molar-refractivity contribution is -0.116. The summed E-state index contributed by atoms with van der Waals surface area (Å²) in [6, 6.07) is 9.67. The van der Waals surface area contributed by atoms with Gasteiger partial charge >= 0.3 is 0 Å². The van der Waals surface area contributed by atoms with Crippen LogP contribution in [0.25, 0.3) is 0 Å². The van der Waals surface area contributed by atoms with Gasteiger partial charge in [-0.05, 0) is 43.4 Å². The minimum atomic E-state index is 0.262. The third-order valence-electron chi connectivity index (χ3n) is 3.49. The lowest BCUT2D eigenvalue weighted by atomic mass is 9.96. The zero-order chi connectivity index (χ0) is 13.3. The first kappa shape index (κ1) is 13.9. The van der Waals surface area contributed by atoms with E-state index in [2.05, 4.69) is 6.08 Å². The van der Waals surface area contributed by atoms with Gasteiger partial charge in [0.2, 0.25) is 0 Å². The summed E-state index contributed by atoms with van der Waals surface area (Å²) in [6.07, 6.45) is 9.56. The van der Waals surface area contributed by atoms with Crippen LogP contribution in [0.3, 0.4) is 0 Å². The molecule has 0 saturated heterocycles. The van der Waals surface area contributed by atoms with Crippen molar-refractivity contribution in [2.24, 2.45) is 0 Å². The summed E-state index contributed by atoms with van der Waals surface area (Å²) in [6.45, 7) is 0.472. The molecule has 2 heteroatoms. The van der Waals surface area contributed by atoms with Crippen LogP contribution in [0, 0.1) is 0 Å². The Morgan fingerprint density at radius 1 is 1.05 bits per heavy atom. The quantitative estimate of drug-likeness (QED) is 0.787. The molecule has 1 aliphatic rings. The van der Waals surface area contributed by atoms with Crippen LogP contribution >= 0.6 is 0 Å². The second kappa shape index (κ2) is 7.78. The highest BCUT2D eigenvalue weighted by Gasteiger charge is 2.10. The van der Waals surface area contributed by atoms with Crippen molar-refractivity contribution in [2.75, 3.05) is 6.61 Å². The number of para-hydroxylation sites is 1. The van der Waals surface area contributed by atoms with Crippen molar-refractivity contribution >= 4 is 5.78 Å². The normalized spacial score (nSPS) is 18.8. The van der Waals surface area contributed by atoms with Crippen LogP contribution in [0.2, 0.25) is 0 Å². The van der Waals surface area contributed by atoms with Crippen molar-refractivity contribution in [1.29, 1.82) is 0 Å². The SMILES string of the molecule is O=C(CCOc1ccccc1)/C1=C/CCCCCC1. The Balaban J connectivity index is 1.77. The molecule has 0 atom stereocenters. The summed E-state index contributed by atoms with van der Waals surface area (Å²) < 4.78 is 5.58. The molecule has 19 heavy (non-hydrogen) atoms. The fourth-order valence-electron chi connectivity index (χ4n) is 2.38. The second-order valence-corrected chi connectivity index (χ2v) is 5.02. The van der Waals surface area contributed by atoms with Gasteiger partial charge in [-0.25, -0.2) is 0 Å². The third kappa shape index (κ3) is 4.90. The summed E-state index contributed by atoms with van der Waals surface area (Å²) in [7, 11) is 0. The average Bonchev–Trinajstić information content (AvgIpc) is 2.39. The van der Waals surface area contributed by atoms with E-state index in [1.165, 1.54) is 19.3 Å². The van der Waals surface area contributed by atoms with E-state index in [9.17, 15) is 4.79 Å². The van der Waals surface area contributed by atoms with E-state index >= 15 is 0 Å². The van der Waals surface area contributed by atoms with Crippen LogP contribution in [0.4, 0.5) is 0 Å². The van der Waals surface area contributed by atoms with E-state index in [1.54, 1.807) is 0 Å². The molecule has 0 aliphatic heterocycles. The maximum atomic E-state index is 12.1. The number of ether oxygens (including phenoxy) is 1. The number of benzene rings is 1. The molecule has 0 radical (unpaired) electrons. The number of carbonyl (C=O) groups is 1. The maximum absolute atomic E-state index is 12.1. The third-order valence-corrected chi connectivity index (χ3v) is 3.49. The van der Waals surface area contributed by atoms with Gasteiger partial charge in [-0.1, -0.05) is 37.1 Å². The molecule has 1 aliphatic carbocycles. The predicted octanol–water partition coefficient (Wildman–Crippen LogP) is 4.31. The monoisotopic (exact) mass is 258 g/mol. The maximum Gasteiger partial charge on any atom is 0.161 e. The minimum absolute atomic E-state index is 0.262. The van der Waals surface area contributed by atoms with Gasteiger partial charge < -0.3 is 4.74 Å². The standard InChI is InChI=1S/C17H22O2/c18-17(15-9-5-2-1-3-6-10-15)13-14-19-16-11-7-4-8-12-16/h4,7-9,11-12H,1-3,5-6,10,13-14H2/b15-9+. The molecular weight excluding hydrogens is 236 g/mol. The van der Waals surface area contributed by atoms with Crippen LogP contribution in [0.1, 0.15) is 44.9 Å². The largest absolute Gasteiger partial charge is 0.493 e. The van der Waals surface area contributed by atoms with Crippen LogP contribution in [-0.2, 0) is 4.79 Å². The Hall–Kier alpha value is -1.57. The first-order chi connectivity index (χ1) is 9.36. The summed E-state index contributed by atoms with van der Waals surface area (Å²) in [5.74, 6) is 1.10. The Morgan fingerprint density at radius 2 is 1.84 bits per heavy atom. The Bertz CT molecular complexity index is 420. The average molecular weight is 258 g/mol. The van der Waals surface area contributed by atoms with Crippen molar-refractivity contribution < 1.29 is 9.53 Å². The Kier molecular flexibility index (Phi) is 5.67. The number of hydrogen-bond donors (Lipinski definition) is 0. The fourth-order valence-corrected chi connectivity index (χ4v) is 2.38. The molecule has 0 saturated carbocycles. The van der Waals surface area contributed by atoms with Gasteiger partial charge in [0.15, 0.2) is 5.78 Å². The molecule has 0 bridgehead atoms. The minimum Gasteiger partial charge on any atom is -0.493 e. The zero-order valence-corrected chi connectivity index (χ0v) is 11.4. The van der Waals surface area contributed by atoms with Crippen LogP contribution < -0.4 is 4.74 Å². The lowest BCUT2D eigenvalue weighted by Crippen LogP contribution is -2.09. The van der Waals surface area contributed by atoms with Gasteiger partial charge in [-0.15, -0.1) is 0 Å². The van der Waals surface area contributed by atoms with Gasteiger partial charge in [0.05, 0.1) is 6.61 Å². The molecule has 0 unspecified atom stereocenters. The van der Waals surface area contributed by atoms with E-state index in [4.69, 9.17) is 4.74 Å². The smallest absolute Gasteiger partial charge is 0.161 e. The van der Waals surface area contributed by atoms with E-state index in [0.29, 0.717) is 13.0 Å². The molecule has 0 spiro atoms. The number of allylic oxidation sites excluding steroid dienone is 2. The topological polar surface area (TPSA) is 26.3 Å². The van der Waals surface area contributed by atoms with E-state index in [0.717, 1.165) is 30.6 Å². The molecule has 102 valence electrons. The number of Topliss-reactive ketones (excluding diaryl/α,β-unsaturated/α-hetero) is 1. The summed E-state index contributed by atoms with van der Waals surface area (Å²) >= 11 is 0.